The maximum Gasteiger partial charge on any atom is 0.350 e. The van der Waals surface area contributed by atoms with Gasteiger partial charge in [-0.3, -0.25) is 9.36 Å². The Bertz CT molecular complexity index is 242. The van der Waals surface area contributed by atoms with Crippen molar-refractivity contribution in [2.75, 3.05) is 0 Å². The summed E-state index contributed by atoms with van der Waals surface area (Å²) in [7, 11) is -4.32. The number of nitrogens with one attached hydrogen (secondary N) is 1. The largest absolute Gasteiger partial charge is 0.350 e. The van der Waals surface area contributed by atoms with E-state index in [1.54, 1.807) is 0 Å². The van der Waals surface area contributed by atoms with Crippen LogP contribution in [0.1, 0.15) is 13.8 Å². The fraction of sp³-hybridized carbons (Fsp3) is 0.500. The van der Waals surface area contributed by atoms with Gasteiger partial charge in [0.15, 0.2) is 0 Å². The molecular formula is C6H12NO4P. The molecule has 0 fully saturated rings. The molecule has 6 heteroatoms. The Morgan fingerprint density at radius 1 is 1.58 bits per heavy atom. The van der Waals surface area contributed by atoms with Crippen LogP contribution >= 0.6 is 7.60 Å². The lowest BCUT2D eigenvalue weighted by molar-refractivity contribution is -0.117. The second-order valence-electron chi connectivity index (χ2n) is 2.80. The van der Waals surface area contributed by atoms with Gasteiger partial charge in [0.2, 0.25) is 5.91 Å². The maximum absolute atomic E-state index is 10.7. The number of rotatable bonds is 3. The third-order valence-electron chi connectivity index (χ3n) is 1.34. The Hall–Kier alpha value is -0.640. The molecule has 70 valence electrons. The summed E-state index contributed by atoms with van der Waals surface area (Å²) in [6, 6.07) is 0. The zero-order valence-electron chi connectivity index (χ0n) is 6.94. The zero-order chi connectivity index (χ0) is 9.99. The highest BCUT2D eigenvalue weighted by Crippen LogP contribution is 2.47. The fourth-order valence-electron chi connectivity index (χ4n) is 0.425. The number of hydrogen-bond donors (Lipinski definition) is 3. The van der Waals surface area contributed by atoms with Crippen molar-refractivity contribution in [3.05, 3.63) is 12.7 Å². The lowest BCUT2D eigenvalue weighted by atomic mass is 10.4. The monoisotopic (exact) mass is 193 g/mol. The lowest BCUT2D eigenvalue weighted by Crippen LogP contribution is -2.42. The number of carbonyl (C=O) groups is 1. The topological polar surface area (TPSA) is 86.6 Å². The number of hydrogen-bond acceptors (Lipinski definition) is 2. The van der Waals surface area contributed by atoms with E-state index in [2.05, 4.69) is 11.9 Å². The molecule has 0 aliphatic carbocycles. The molecule has 0 bridgehead atoms. The van der Waals surface area contributed by atoms with Crippen molar-refractivity contribution < 1.29 is 19.1 Å². The standard InChI is InChI=1S/C6H12NO4P/c1-4-5(8)7-6(2,3)12(9,10)11/h4H,1H2,2-3H3,(H,7,8)(H2,9,10,11). The SMILES string of the molecule is C=CC(=O)NC(C)(C)P(=O)(O)O. The van der Waals surface area contributed by atoms with Gasteiger partial charge in [0, 0.05) is 0 Å². The van der Waals surface area contributed by atoms with Crippen LogP contribution in [-0.4, -0.2) is 21.0 Å². The van der Waals surface area contributed by atoms with Crippen molar-refractivity contribution in [3.63, 3.8) is 0 Å². The zero-order valence-corrected chi connectivity index (χ0v) is 7.84. The van der Waals surface area contributed by atoms with Crippen molar-refractivity contribution >= 4 is 13.5 Å². The second-order valence-corrected chi connectivity index (χ2v) is 5.00. The molecule has 3 N–H and O–H groups in total. The van der Waals surface area contributed by atoms with E-state index in [4.69, 9.17) is 9.79 Å². The van der Waals surface area contributed by atoms with Gasteiger partial charge in [-0.05, 0) is 19.9 Å². The molecule has 0 rings (SSSR count). The van der Waals surface area contributed by atoms with E-state index < -0.39 is 18.8 Å². The van der Waals surface area contributed by atoms with E-state index in [0.717, 1.165) is 6.08 Å². The number of carbonyl (C=O) groups excluding carboxylic acids is 1. The van der Waals surface area contributed by atoms with Gasteiger partial charge >= 0.3 is 7.60 Å². The summed E-state index contributed by atoms with van der Waals surface area (Å²) in [5, 5.41) is 0.582. The van der Waals surface area contributed by atoms with E-state index in [1.807, 2.05) is 0 Å². The van der Waals surface area contributed by atoms with Crippen LogP contribution in [0.2, 0.25) is 0 Å². The molecule has 1 amide bonds. The van der Waals surface area contributed by atoms with E-state index in [0.29, 0.717) is 0 Å². The van der Waals surface area contributed by atoms with Crippen LogP contribution in [0.3, 0.4) is 0 Å². The molecule has 0 spiro atoms. The van der Waals surface area contributed by atoms with Crippen LogP contribution in [-0.2, 0) is 9.36 Å². The molecule has 0 atom stereocenters. The first-order valence-corrected chi connectivity index (χ1v) is 4.82. The van der Waals surface area contributed by atoms with Crippen LogP contribution in [0.25, 0.3) is 0 Å². The Morgan fingerprint density at radius 2 is 2.00 bits per heavy atom. The molecule has 12 heavy (non-hydrogen) atoms. The summed E-state index contributed by atoms with van der Waals surface area (Å²) < 4.78 is 10.7. The highest BCUT2D eigenvalue weighted by molar-refractivity contribution is 7.53. The smallest absolute Gasteiger partial charge is 0.336 e. The first kappa shape index (κ1) is 11.4. The molecule has 0 saturated heterocycles. The maximum atomic E-state index is 10.7. The summed E-state index contributed by atoms with van der Waals surface area (Å²) in [6.45, 7) is 5.65. The van der Waals surface area contributed by atoms with Gasteiger partial charge in [-0.15, -0.1) is 0 Å². The van der Waals surface area contributed by atoms with Crippen molar-refractivity contribution in [1.82, 2.24) is 5.32 Å². The van der Waals surface area contributed by atoms with Crippen LogP contribution in [0.15, 0.2) is 12.7 Å². The van der Waals surface area contributed by atoms with Crippen molar-refractivity contribution in [2.45, 2.75) is 19.1 Å². The molecule has 0 unspecified atom stereocenters. The molecular weight excluding hydrogens is 181 g/mol. The Morgan fingerprint density at radius 3 is 2.25 bits per heavy atom. The van der Waals surface area contributed by atoms with Crippen LogP contribution < -0.4 is 5.32 Å². The van der Waals surface area contributed by atoms with Gasteiger partial charge in [-0.1, -0.05) is 6.58 Å². The third kappa shape index (κ3) is 2.77. The molecule has 0 saturated carbocycles. The minimum absolute atomic E-state index is 0.608. The van der Waals surface area contributed by atoms with Gasteiger partial charge in [-0.25, -0.2) is 0 Å². The average Bonchev–Trinajstić information content (AvgIpc) is 1.84. The van der Waals surface area contributed by atoms with Crippen molar-refractivity contribution in [1.29, 1.82) is 0 Å². The van der Waals surface area contributed by atoms with Crippen LogP contribution in [0.4, 0.5) is 0 Å². The second kappa shape index (κ2) is 3.39. The lowest BCUT2D eigenvalue weighted by Gasteiger charge is -2.26. The molecule has 0 heterocycles. The van der Waals surface area contributed by atoms with E-state index in [-0.39, 0.29) is 0 Å². The minimum Gasteiger partial charge on any atom is -0.336 e. The highest BCUT2D eigenvalue weighted by Gasteiger charge is 2.38. The summed E-state index contributed by atoms with van der Waals surface area (Å²) in [5.41, 5.74) is 0. The molecule has 0 aromatic heterocycles. The predicted molar refractivity (Wildman–Crippen MR) is 44.5 cm³/mol. The van der Waals surface area contributed by atoms with E-state index in [1.165, 1.54) is 13.8 Å². The molecule has 5 nitrogen and oxygen atoms in total. The van der Waals surface area contributed by atoms with Gasteiger partial charge in [0.05, 0.1) is 0 Å². The molecule has 0 aromatic carbocycles. The summed E-state index contributed by atoms with van der Waals surface area (Å²) in [4.78, 5) is 28.2. The summed E-state index contributed by atoms with van der Waals surface area (Å²) in [6.07, 6.45) is 0.956. The summed E-state index contributed by atoms with van der Waals surface area (Å²) >= 11 is 0. The minimum atomic E-state index is -4.32. The third-order valence-corrected chi connectivity index (χ3v) is 2.91. The Labute approximate surface area is 70.6 Å². The van der Waals surface area contributed by atoms with Crippen molar-refractivity contribution in [2.24, 2.45) is 0 Å². The molecule has 0 radical (unpaired) electrons. The molecule has 0 aromatic rings. The summed E-state index contributed by atoms with van der Waals surface area (Å²) in [5.74, 6) is -0.608. The molecule has 0 aliphatic heterocycles. The van der Waals surface area contributed by atoms with Gasteiger partial charge < -0.3 is 15.1 Å². The fourth-order valence-corrected chi connectivity index (χ4v) is 0.681. The first-order chi connectivity index (χ1) is 5.20. The first-order valence-electron chi connectivity index (χ1n) is 3.21. The van der Waals surface area contributed by atoms with E-state index >= 15 is 0 Å². The predicted octanol–water partition coefficient (Wildman–Crippen LogP) is 0.202. The average molecular weight is 193 g/mol. The Balaban J connectivity index is 4.54. The van der Waals surface area contributed by atoms with E-state index in [9.17, 15) is 9.36 Å². The van der Waals surface area contributed by atoms with Gasteiger partial charge in [0.1, 0.15) is 5.28 Å². The van der Waals surface area contributed by atoms with Gasteiger partial charge in [-0.2, -0.15) is 0 Å². The highest BCUT2D eigenvalue weighted by atomic mass is 31.2. The van der Waals surface area contributed by atoms with Crippen LogP contribution in [0, 0.1) is 0 Å². The quantitative estimate of drug-likeness (QED) is 0.441. The van der Waals surface area contributed by atoms with Crippen LogP contribution in [0.5, 0.6) is 0 Å². The Kier molecular flexibility index (Phi) is 3.21. The number of amides is 1. The van der Waals surface area contributed by atoms with Crippen molar-refractivity contribution in [3.8, 4) is 0 Å². The van der Waals surface area contributed by atoms with Gasteiger partial charge in [0.25, 0.3) is 0 Å². The normalized spacial score (nSPS) is 12.3. The molecule has 0 aliphatic rings.